The summed E-state index contributed by atoms with van der Waals surface area (Å²) in [6.45, 7) is 8.21. The predicted octanol–water partition coefficient (Wildman–Crippen LogP) is 1.41. The van der Waals surface area contributed by atoms with Crippen LogP contribution in [0.15, 0.2) is 0 Å². The number of rotatable bonds is 11. The molecule has 0 spiro atoms. The van der Waals surface area contributed by atoms with E-state index in [1.807, 2.05) is 6.92 Å². The minimum Gasteiger partial charge on any atom is -0.397 e. The van der Waals surface area contributed by atoms with Crippen molar-refractivity contribution in [3.63, 3.8) is 0 Å². The van der Waals surface area contributed by atoms with Gasteiger partial charge in [0.2, 0.25) is 0 Å². The second-order valence-electron chi connectivity index (χ2n) is 4.62. The summed E-state index contributed by atoms with van der Waals surface area (Å²) in [4.78, 5) is 2.30. The quantitative estimate of drug-likeness (QED) is 0.535. The third kappa shape index (κ3) is 4.11. The molecule has 122 valence electrons. The lowest BCUT2D eigenvalue weighted by molar-refractivity contribution is 0.109. The monoisotopic (exact) mass is 325 g/mol. The van der Waals surface area contributed by atoms with Crippen molar-refractivity contribution in [2.45, 2.75) is 25.9 Å². The van der Waals surface area contributed by atoms with Crippen LogP contribution in [0.2, 0.25) is 5.16 Å². The summed E-state index contributed by atoms with van der Waals surface area (Å²) in [6.07, 6.45) is 0.763. The van der Waals surface area contributed by atoms with Crippen LogP contribution in [-0.4, -0.2) is 77.1 Å². The molecule has 0 heterocycles. The van der Waals surface area contributed by atoms with Gasteiger partial charge >= 0.3 is 17.4 Å². The summed E-state index contributed by atoms with van der Waals surface area (Å²) in [7, 11) is 2.93. The lowest BCUT2D eigenvalue weighted by Gasteiger charge is -2.41. The predicted molar refractivity (Wildman–Crippen MR) is 83.8 cm³/mol. The Morgan fingerprint density at radius 2 is 1.20 bits per heavy atom. The number of hydrogen-bond acceptors (Lipinski definition) is 6. The highest BCUT2D eigenvalue weighted by Gasteiger charge is 2.59. The number of hydrogen-bond donors (Lipinski definition) is 0. The van der Waals surface area contributed by atoms with Crippen LogP contribution in [0.4, 0.5) is 0 Å². The van der Waals surface area contributed by atoms with E-state index in [0.717, 1.165) is 19.3 Å². The van der Waals surface area contributed by atoms with Crippen molar-refractivity contribution in [1.29, 1.82) is 0 Å². The van der Waals surface area contributed by atoms with E-state index in [2.05, 4.69) is 18.7 Å². The van der Waals surface area contributed by atoms with Crippen LogP contribution in [0.25, 0.3) is 0 Å². The molecule has 6 nitrogen and oxygen atoms in total. The lowest BCUT2D eigenvalue weighted by atomic mass is 10.6. The van der Waals surface area contributed by atoms with Gasteiger partial charge in [0.05, 0.1) is 5.16 Å². The molecule has 0 saturated heterocycles. The zero-order chi connectivity index (χ0) is 15.8. The molecule has 0 aromatic heterocycles. The Hall–Kier alpha value is 0.194. The molecule has 0 bridgehead atoms. The lowest BCUT2D eigenvalue weighted by Crippen LogP contribution is -2.64. The second kappa shape index (κ2) is 9.26. The molecule has 0 aliphatic rings. The van der Waals surface area contributed by atoms with E-state index >= 15 is 0 Å². The topological polar surface area (TPSA) is 49.4 Å². The minimum atomic E-state index is -2.81. The van der Waals surface area contributed by atoms with Crippen molar-refractivity contribution in [2.75, 3.05) is 54.8 Å². The Labute approximate surface area is 125 Å². The highest BCUT2D eigenvalue weighted by Crippen LogP contribution is 2.34. The van der Waals surface area contributed by atoms with E-state index in [1.165, 1.54) is 0 Å². The van der Waals surface area contributed by atoms with E-state index < -0.39 is 17.4 Å². The molecule has 20 heavy (non-hydrogen) atoms. The van der Waals surface area contributed by atoms with Crippen LogP contribution in [0.3, 0.4) is 0 Å². The fraction of sp³-hybridized carbons (Fsp3) is 1.00. The van der Waals surface area contributed by atoms with E-state index in [-0.39, 0.29) is 5.16 Å². The van der Waals surface area contributed by atoms with Gasteiger partial charge in [0.25, 0.3) is 0 Å². The molecule has 0 aromatic carbocycles. The Morgan fingerprint density at radius 3 is 1.45 bits per heavy atom. The molecule has 0 saturated carbocycles. The zero-order valence-corrected chi connectivity index (χ0v) is 16.2. The fourth-order valence-electron chi connectivity index (χ4n) is 2.51. The first-order chi connectivity index (χ1) is 9.45. The van der Waals surface area contributed by atoms with Crippen molar-refractivity contribution in [3.05, 3.63) is 0 Å². The highest BCUT2D eigenvalue weighted by atomic mass is 28.4. The minimum absolute atomic E-state index is 0.0365. The van der Waals surface area contributed by atoms with Crippen molar-refractivity contribution >= 4 is 17.4 Å². The molecule has 0 fully saturated rings. The van der Waals surface area contributed by atoms with Crippen molar-refractivity contribution in [3.8, 4) is 0 Å². The normalized spacial score (nSPS) is 14.8. The van der Waals surface area contributed by atoms with Crippen molar-refractivity contribution in [1.82, 2.24) is 4.90 Å². The van der Waals surface area contributed by atoms with Gasteiger partial charge in [0.15, 0.2) is 0 Å². The average molecular weight is 326 g/mol. The standard InChI is InChI=1S/C12H31NO5Si2/c1-9-13(10-2)11-19(14-4,15-5)12(3)20(16-6,17-7)18-8/h12H,9-11H2,1-8H3. The maximum Gasteiger partial charge on any atom is 0.505 e. The molecule has 0 rings (SSSR count). The van der Waals surface area contributed by atoms with Gasteiger partial charge in [-0.25, -0.2) is 0 Å². The highest BCUT2D eigenvalue weighted by molar-refractivity contribution is 6.85. The zero-order valence-electron chi connectivity index (χ0n) is 14.2. The molecule has 0 aliphatic carbocycles. The first-order valence-electron chi connectivity index (χ1n) is 6.93. The Bertz CT molecular complexity index is 250. The molecular formula is C12H31NO5Si2. The van der Waals surface area contributed by atoms with Gasteiger partial charge in [-0.05, 0) is 13.1 Å². The van der Waals surface area contributed by atoms with Crippen LogP contribution in [0.5, 0.6) is 0 Å². The SMILES string of the molecule is CCN(CC)C[Si](OC)(OC)C(C)[Si](OC)(OC)OC. The van der Waals surface area contributed by atoms with E-state index in [4.69, 9.17) is 22.1 Å². The maximum absolute atomic E-state index is 5.86. The molecule has 1 unspecified atom stereocenters. The van der Waals surface area contributed by atoms with Crippen molar-refractivity contribution < 1.29 is 22.1 Å². The molecule has 0 aliphatic heterocycles. The summed E-state index contributed by atoms with van der Waals surface area (Å²) in [5, 5.41) is -0.0365. The van der Waals surface area contributed by atoms with Crippen LogP contribution in [0, 0.1) is 0 Å². The van der Waals surface area contributed by atoms with Crippen LogP contribution in [0.1, 0.15) is 20.8 Å². The summed E-state index contributed by atoms with van der Waals surface area (Å²) in [5.41, 5.74) is 0. The third-order valence-electron chi connectivity index (χ3n) is 4.07. The Balaban J connectivity index is 5.42. The largest absolute Gasteiger partial charge is 0.505 e. The van der Waals surface area contributed by atoms with Crippen LogP contribution >= 0.6 is 0 Å². The van der Waals surface area contributed by atoms with Gasteiger partial charge in [-0.1, -0.05) is 20.8 Å². The van der Waals surface area contributed by atoms with E-state index in [9.17, 15) is 0 Å². The summed E-state index contributed by atoms with van der Waals surface area (Å²) < 4.78 is 28.6. The van der Waals surface area contributed by atoms with Gasteiger partial charge in [-0.3, -0.25) is 0 Å². The summed E-state index contributed by atoms with van der Waals surface area (Å²) >= 11 is 0. The Morgan fingerprint density at radius 1 is 0.800 bits per heavy atom. The molecule has 8 heteroatoms. The van der Waals surface area contributed by atoms with Gasteiger partial charge in [0, 0.05) is 41.7 Å². The van der Waals surface area contributed by atoms with Crippen molar-refractivity contribution in [2.24, 2.45) is 0 Å². The first-order valence-corrected chi connectivity index (χ1v) is 10.8. The average Bonchev–Trinajstić information content (AvgIpc) is 2.51. The smallest absolute Gasteiger partial charge is 0.397 e. The molecule has 1 atom stereocenters. The molecule has 0 aromatic rings. The molecular weight excluding hydrogens is 294 g/mol. The summed E-state index contributed by atoms with van der Waals surface area (Å²) in [5.74, 6) is 0. The molecule has 0 N–H and O–H groups in total. The van der Waals surface area contributed by atoms with Gasteiger partial charge in [0.1, 0.15) is 0 Å². The van der Waals surface area contributed by atoms with E-state index in [1.54, 1.807) is 35.5 Å². The maximum atomic E-state index is 5.86. The third-order valence-corrected chi connectivity index (χ3v) is 12.8. The summed E-state index contributed by atoms with van der Waals surface area (Å²) in [6, 6.07) is 0. The number of nitrogens with zero attached hydrogens (tertiary/aromatic N) is 1. The fourth-order valence-corrected chi connectivity index (χ4v) is 10.7. The van der Waals surface area contributed by atoms with Gasteiger partial charge in [-0.15, -0.1) is 0 Å². The van der Waals surface area contributed by atoms with Gasteiger partial charge in [-0.2, -0.15) is 0 Å². The van der Waals surface area contributed by atoms with Crippen LogP contribution < -0.4 is 0 Å². The molecule has 0 amide bonds. The van der Waals surface area contributed by atoms with Crippen LogP contribution in [-0.2, 0) is 22.1 Å². The Kier molecular flexibility index (Phi) is 9.35. The second-order valence-corrected chi connectivity index (χ2v) is 12.1. The first kappa shape index (κ1) is 20.2. The molecule has 0 radical (unpaired) electrons. The van der Waals surface area contributed by atoms with Gasteiger partial charge < -0.3 is 27.0 Å². The van der Waals surface area contributed by atoms with E-state index in [0.29, 0.717) is 0 Å².